The van der Waals surface area contributed by atoms with Crippen LogP contribution in [0.2, 0.25) is 0 Å². The average Bonchev–Trinajstić information content (AvgIpc) is 3.10. The molecule has 1 heterocycles. The van der Waals surface area contributed by atoms with Crippen molar-refractivity contribution < 1.29 is 9.53 Å². The molecule has 86 valence electrons. The first-order valence-corrected chi connectivity index (χ1v) is 6.30. The summed E-state index contributed by atoms with van der Waals surface area (Å²) in [6.07, 6.45) is 4.08. The number of halogens is 1. The number of amides is 1. The topological polar surface area (TPSA) is 29.5 Å². The molecule has 1 amide bonds. The second-order valence-electron chi connectivity index (χ2n) is 4.34. The van der Waals surface area contributed by atoms with Crippen LogP contribution in [-0.2, 0) is 9.53 Å². The highest BCUT2D eigenvalue weighted by molar-refractivity contribution is 6.18. The van der Waals surface area contributed by atoms with Crippen molar-refractivity contribution >= 4 is 17.5 Å². The van der Waals surface area contributed by atoms with E-state index in [2.05, 4.69) is 0 Å². The van der Waals surface area contributed by atoms with Gasteiger partial charge in [-0.05, 0) is 25.7 Å². The molecule has 0 atom stereocenters. The summed E-state index contributed by atoms with van der Waals surface area (Å²) in [5, 5.41) is 0. The third kappa shape index (κ3) is 2.85. The molecule has 2 fully saturated rings. The first-order chi connectivity index (χ1) is 7.33. The van der Waals surface area contributed by atoms with Crippen molar-refractivity contribution in [2.75, 3.05) is 25.6 Å². The van der Waals surface area contributed by atoms with Gasteiger partial charge >= 0.3 is 0 Å². The molecule has 15 heavy (non-hydrogen) atoms. The standard InChI is InChI=1S/C11H18ClNO2/c12-5-6-13(10-1-2-10)11(14)9-3-7-15-8-4-9/h9-10H,1-8H2. The van der Waals surface area contributed by atoms with E-state index in [9.17, 15) is 4.79 Å². The second kappa shape index (κ2) is 5.17. The number of nitrogens with zero attached hydrogens (tertiary/aromatic N) is 1. The third-order valence-corrected chi connectivity index (χ3v) is 3.34. The Morgan fingerprint density at radius 3 is 2.47 bits per heavy atom. The largest absolute Gasteiger partial charge is 0.381 e. The molecule has 1 saturated carbocycles. The first-order valence-electron chi connectivity index (χ1n) is 5.77. The molecule has 4 heteroatoms. The fraction of sp³-hybridized carbons (Fsp3) is 0.909. The Kier molecular flexibility index (Phi) is 3.87. The quantitative estimate of drug-likeness (QED) is 0.689. The Bertz CT molecular complexity index is 225. The van der Waals surface area contributed by atoms with Crippen molar-refractivity contribution in [1.82, 2.24) is 4.90 Å². The van der Waals surface area contributed by atoms with E-state index in [0.717, 1.165) is 38.9 Å². The third-order valence-electron chi connectivity index (χ3n) is 3.17. The van der Waals surface area contributed by atoms with Crippen LogP contribution in [0.1, 0.15) is 25.7 Å². The van der Waals surface area contributed by atoms with Gasteiger partial charge < -0.3 is 9.64 Å². The molecule has 0 bridgehead atoms. The zero-order valence-electron chi connectivity index (χ0n) is 8.95. The van der Waals surface area contributed by atoms with Crippen molar-refractivity contribution in [2.24, 2.45) is 5.92 Å². The van der Waals surface area contributed by atoms with Crippen LogP contribution >= 0.6 is 11.6 Å². The molecular weight excluding hydrogens is 214 g/mol. The summed E-state index contributed by atoms with van der Waals surface area (Å²) in [5.41, 5.74) is 0. The first kappa shape index (κ1) is 11.2. The van der Waals surface area contributed by atoms with Gasteiger partial charge in [0.2, 0.25) is 5.91 Å². The van der Waals surface area contributed by atoms with Gasteiger partial charge in [-0.2, -0.15) is 0 Å². The van der Waals surface area contributed by atoms with E-state index in [1.807, 2.05) is 4.90 Å². The lowest BCUT2D eigenvalue weighted by atomic mass is 9.98. The zero-order chi connectivity index (χ0) is 10.7. The number of hydrogen-bond acceptors (Lipinski definition) is 2. The Balaban J connectivity index is 1.90. The van der Waals surface area contributed by atoms with Crippen LogP contribution in [0.5, 0.6) is 0 Å². The number of carbonyl (C=O) groups excluding carboxylic acids is 1. The van der Waals surface area contributed by atoms with Crippen molar-refractivity contribution in [3.8, 4) is 0 Å². The predicted molar refractivity (Wildman–Crippen MR) is 59.0 cm³/mol. The molecule has 0 aromatic rings. The van der Waals surface area contributed by atoms with Crippen molar-refractivity contribution in [1.29, 1.82) is 0 Å². The van der Waals surface area contributed by atoms with E-state index in [1.165, 1.54) is 0 Å². The summed E-state index contributed by atoms with van der Waals surface area (Å²) in [6.45, 7) is 2.17. The number of alkyl halides is 1. The van der Waals surface area contributed by atoms with Crippen LogP contribution < -0.4 is 0 Å². The van der Waals surface area contributed by atoms with Crippen LogP contribution in [0.15, 0.2) is 0 Å². The minimum Gasteiger partial charge on any atom is -0.381 e. The van der Waals surface area contributed by atoms with E-state index in [-0.39, 0.29) is 5.92 Å². The lowest BCUT2D eigenvalue weighted by molar-refractivity contribution is -0.138. The Morgan fingerprint density at radius 2 is 1.93 bits per heavy atom. The smallest absolute Gasteiger partial charge is 0.226 e. The van der Waals surface area contributed by atoms with E-state index < -0.39 is 0 Å². The molecule has 1 saturated heterocycles. The molecular formula is C11H18ClNO2. The summed E-state index contributed by atoms with van der Waals surface area (Å²) in [5.74, 6) is 1.04. The van der Waals surface area contributed by atoms with Crippen LogP contribution in [0.25, 0.3) is 0 Å². The number of rotatable bonds is 4. The van der Waals surface area contributed by atoms with Gasteiger partial charge in [0, 0.05) is 37.6 Å². The Hall–Kier alpha value is -0.280. The van der Waals surface area contributed by atoms with Gasteiger partial charge in [0.15, 0.2) is 0 Å². The van der Waals surface area contributed by atoms with E-state index >= 15 is 0 Å². The summed E-state index contributed by atoms with van der Waals surface area (Å²) in [4.78, 5) is 14.2. The minimum atomic E-state index is 0.183. The van der Waals surface area contributed by atoms with Crippen molar-refractivity contribution in [3.05, 3.63) is 0 Å². The van der Waals surface area contributed by atoms with Gasteiger partial charge in [0.05, 0.1) is 0 Å². The molecule has 0 radical (unpaired) electrons. The van der Waals surface area contributed by atoms with E-state index in [0.29, 0.717) is 24.4 Å². The molecule has 1 aliphatic carbocycles. The normalized spacial score (nSPS) is 22.7. The Morgan fingerprint density at radius 1 is 1.27 bits per heavy atom. The number of ether oxygens (including phenoxy) is 1. The monoisotopic (exact) mass is 231 g/mol. The molecule has 0 unspecified atom stereocenters. The second-order valence-corrected chi connectivity index (χ2v) is 4.72. The summed E-state index contributed by atoms with van der Waals surface area (Å²) < 4.78 is 5.27. The molecule has 1 aliphatic heterocycles. The van der Waals surface area contributed by atoms with E-state index in [1.54, 1.807) is 0 Å². The molecule has 0 aromatic heterocycles. The molecule has 0 N–H and O–H groups in total. The lowest BCUT2D eigenvalue weighted by Crippen LogP contribution is -2.41. The van der Waals surface area contributed by atoms with Crippen LogP contribution in [0.3, 0.4) is 0 Å². The fourth-order valence-corrected chi connectivity index (χ4v) is 2.31. The molecule has 3 nitrogen and oxygen atoms in total. The summed E-state index contributed by atoms with van der Waals surface area (Å²) in [6, 6.07) is 0.485. The average molecular weight is 232 g/mol. The van der Waals surface area contributed by atoms with Gasteiger partial charge in [-0.25, -0.2) is 0 Å². The highest BCUT2D eigenvalue weighted by Crippen LogP contribution is 2.29. The molecule has 0 aromatic carbocycles. The fourth-order valence-electron chi connectivity index (χ4n) is 2.13. The minimum absolute atomic E-state index is 0.183. The predicted octanol–water partition coefficient (Wildman–Crippen LogP) is 1.64. The lowest BCUT2D eigenvalue weighted by Gasteiger charge is -2.29. The van der Waals surface area contributed by atoms with E-state index in [4.69, 9.17) is 16.3 Å². The molecule has 2 aliphatic rings. The maximum absolute atomic E-state index is 12.2. The maximum atomic E-state index is 12.2. The van der Waals surface area contributed by atoms with Crippen molar-refractivity contribution in [2.45, 2.75) is 31.7 Å². The SMILES string of the molecule is O=C(C1CCOCC1)N(CCCl)C1CC1. The van der Waals surface area contributed by atoms with Gasteiger partial charge in [0.25, 0.3) is 0 Å². The summed E-state index contributed by atoms with van der Waals surface area (Å²) in [7, 11) is 0. The Labute approximate surface area is 95.7 Å². The highest BCUT2D eigenvalue weighted by atomic mass is 35.5. The molecule has 2 rings (SSSR count). The maximum Gasteiger partial charge on any atom is 0.226 e. The number of hydrogen-bond donors (Lipinski definition) is 0. The van der Waals surface area contributed by atoms with Crippen LogP contribution in [0, 0.1) is 5.92 Å². The van der Waals surface area contributed by atoms with Gasteiger partial charge in [-0.15, -0.1) is 11.6 Å². The van der Waals surface area contributed by atoms with Gasteiger partial charge in [-0.1, -0.05) is 0 Å². The van der Waals surface area contributed by atoms with Crippen LogP contribution in [0.4, 0.5) is 0 Å². The summed E-state index contributed by atoms with van der Waals surface area (Å²) >= 11 is 5.73. The highest BCUT2D eigenvalue weighted by Gasteiger charge is 2.35. The van der Waals surface area contributed by atoms with Crippen molar-refractivity contribution in [3.63, 3.8) is 0 Å². The van der Waals surface area contributed by atoms with Gasteiger partial charge in [0.1, 0.15) is 0 Å². The van der Waals surface area contributed by atoms with Gasteiger partial charge in [-0.3, -0.25) is 4.79 Å². The number of carbonyl (C=O) groups is 1. The van der Waals surface area contributed by atoms with Crippen LogP contribution in [-0.4, -0.2) is 42.5 Å². The zero-order valence-corrected chi connectivity index (χ0v) is 9.71. The molecule has 0 spiro atoms.